The zero-order chi connectivity index (χ0) is 20.9. The summed E-state index contributed by atoms with van der Waals surface area (Å²) in [6.07, 6.45) is 0.609. The van der Waals surface area contributed by atoms with Crippen molar-refractivity contribution in [1.29, 1.82) is 0 Å². The van der Waals surface area contributed by atoms with Crippen LogP contribution in [0.1, 0.15) is 18.2 Å². The van der Waals surface area contributed by atoms with Gasteiger partial charge in [-0.3, -0.25) is 9.36 Å². The van der Waals surface area contributed by atoms with Crippen molar-refractivity contribution >= 4 is 16.1 Å². The molecule has 0 amide bonds. The van der Waals surface area contributed by atoms with Crippen molar-refractivity contribution in [2.45, 2.75) is 59.2 Å². The van der Waals surface area contributed by atoms with E-state index in [1.807, 2.05) is 37.3 Å². The number of rotatable bonds is 3. The van der Waals surface area contributed by atoms with Gasteiger partial charge in [0.1, 0.15) is 27.7 Å². The molecule has 0 spiro atoms. The average molecular weight is 407 g/mol. The minimum atomic E-state index is -1.57. The van der Waals surface area contributed by atoms with Crippen LogP contribution in [-0.2, 0) is 13.0 Å². The first-order chi connectivity index (χ1) is 13.0. The number of hydrogen-bond donors (Lipinski definition) is 0. The van der Waals surface area contributed by atoms with Crippen molar-refractivity contribution in [3.05, 3.63) is 51.9 Å². The lowest BCUT2D eigenvalue weighted by molar-refractivity contribution is 0.758. The van der Waals surface area contributed by atoms with E-state index in [4.69, 9.17) is 4.98 Å². The predicted molar refractivity (Wildman–Crippen MR) is 125 cm³/mol. The normalized spacial score (nSPS) is 11.2. The Morgan fingerprint density at radius 1 is 0.964 bits per heavy atom. The molecule has 0 aliphatic carbocycles. The Balaban J connectivity index is 2.73. The molecule has 0 fully saturated rings. The molecule has 146 valence electrons. The number of hydrogen-bond acceptors (Lipinski definition) is 2. The summed E-state index contributed by atoms with van der Waals surface area (Å²) in [5, 5.41) is 0. The zero-order valence-corrected chi connectivity index (χ0v) is 20.1. The maximum absolute atomic E-state index is 13.3. The Hall–Kier alpha value is -2.35. The van der Waals surface area contributed by atoms with E-state index in [1.54, 1.807) is 4.57 Å². The summed E-state index contributed by atoms with van der Waals surface area (Å²) in [4.78, 5) is 18.2. The molecular weight excluding hydrogens is 376 g/mol. The summed E-state index contributed by atoms with van der Waals surface area (Å²) < 4.78 is 1.71. The summed E-state index contributed by atoms with van der Waals surface area (Å²) in [5.41, 5.74) is 8.89. The van der Waals surface area contributed by atoms with Crippen molar-refractivity contribution in [2.75, 3.05) is 0 Å². The minimum Gasteiger partial charge on any atom is -0.281 e. The lowest BCUT2D eigenvalue weighted by Crippen LogP contribution is -2.28. The summed E-state index contributed by atoms with van der Waals surface area (Å²) in [7, 11) is -3.08. The van der Waals surface area contributed by atoms with E-state index in [1.165, 1.54) is 0 Å². The zero-order valence-electron chi connectivity index (χ0n) is 18.1. The lowest BCUT2D eigenvalue weighted by Gasteiger charge is -2.14. The van der Waals surface area contributed by atoms with Gasteiger partial charge in [0.25, 0.3) is 5.56 Å². The molecule has 0 saturated heterocycles. The van der Waals surface area contributed by atoms with E-state index >= 15 is 0 Å². The molecule has 0 bridgehead atoms. The molecule has 2 rings (SSSR count). The van der Waals surface area contributed by atoms with E-state index in [0.717, 1.165) is 5.56 Å². The quantitative estimate of drug-likeness (QED) is 0.552. The van der Waals surface area contributed by atoms with Gasteiger partial charge in [-0.05, 0) is 6.42 Å². The fourth-order valence-electron chi connectivity index (χ4n) is 2.60. The van der Waals surface area contributed by atoms with Crippen molar-refractivity contribution in [1.82, 2.24) is 9.55 Å². The first-order valence-corrected chi connectivity index (χ1v) is 16.7. The van der Waals surface area contributed by atoms with E-state index < -0.39 is 16.1 Å². The Morgan fingerprint density at radius 3 is 2.11 bits per heavy atom. The third-order valence-corrected chi connectivity index (χ3v) is 5.71. The first-order valence-electron chi connectivity index (χ1n) is 9.74. The maximum Gasteiger partial charge on any atom is 0.259 e. The molecule has 1 heterocycles. The highest BCUT2D eigenvalue weighted by molar-refractivity contribution is 6.84. The summed E-state index contributed by atoms with van der Waals surface area (Å²) in [5.74, 6) is 7.09. The molecule has 5 heteroatoms. The van der Waals surface area contributed by atoms with Gasteiger partial charge in [-0.15, -0.1) is 11.1 Å². The van der Waals surface area contributed by atoms with Crippen LogP contribution >= 0.6 is 0 Å². The molecule has 2 aromatic rings. The van der Waals surface area contributed by atoms with Crippen LogP contribution in [0.25, 0.3) is 11.4 Å². The molecule has 28 heavy (non-hydrogen) atoms. The van der Waals surface area contributed by atoms with Gasteiger partial charge < -0.3 is 0 Å². The fourth-order valence-corrected chi connectivity index (χ4v) is 3.70. The van der Waals surface area contributed by atoms with Gasteiger partial charge in [0, 0.05) is 5.56 Å². The van der Waals surface area contributed by atoms with Crippen LogP contribution in [0.5, 0.6) is 0 Å². The van der Waals surface area contributed by atoms with Gasteiger partial charge in [0.15, 0.2) is 0 Å². The average Bonchev–Trinajstić information content (AvgIpc) is 2.60. The highest BCUT2D eigenvalue weighted by Gasteiger charge is 2.16. The second kappa shape index (κ2) is 8.77. The highest BCUT2D eigenvalue weighted by Crippen LogP contribution is 2.17. The highest BCUT2D eigenvalue weighted by atomic mass is 28.3. The molecule has 1 aromatic carbocycles. The van der Waals surface area contributed by atoms with Crippen LogP contribution in [0, 0.1) is 22.9 Å². The van der Waals surface area contributed by atoms with Crippen LogP contribution in [0.3, 0.4) is 0 Å². The van der Waals surface area contributed by atoms with Crippen LogP contribution in [0.2, 0.25) is 39.3 Å². The standard InChI is InChI=1S/C23H30N2OSi2/c1-8-20-21(15-18-28(5,6)7)24-22(19-13-10-9-11-14-19)25(23(20)26)16-12-17-27(2,3)4/h9-11,13-14H,8,16H2,1-7H3. The van der Waals surface area contributed by atoms with Crippen molar-refractivity contribution in [2.24, 2.45) is 0 Å². The van der Waals surface area contributed by atoms with Crippen LogP contribution in [0.15, 0.2) is 35.1 Å². The Kier molecular flexibility index (Phi) is 6.88. The number of nitrogens with zero attached hydrogens (tertiary/aromatic N) is 2. The molecule has 0 aliphatic heterocycles. The van der Waals surface area contributed by atoms with Crippen molar-refractivity contribution in [3.8, 4) is 34.3 Å². The van der Waals surface area contributed by atoms with Gasteiger partial charge in [-0.2, -0.15) is 0 Å². The lowest BCUT2D eigenvalue weighted by atomic mass is 10.1. The minimum absolute atomic E-state index is 0.0268. The molecular formula is C23H30N2OSi2. The van der Waals surface area contributed by atoms with Crippen LogP contribution in [0.4, 0.5) is 0 Å². The first kappa shape index (κ1) is 21.9. The van der Waals surface area contributed by atoms with Gasteiger partial charge >= 0.3 is 0 Å². The largest absolute Gasteiger partial charge is 0.281 e. The summed E-state index contributed by atoms with van der Waals surface area (Å²) in [6.45, 7) is 15.5. The molecule has 0 aliphatic rings. The molecule has 0 unspecified atom stereocenters. The summed E-state index contributed by atoms with van der Waals surface area (Å²) >= 11 is 0. The Labute approximate surface area is 171 Å². The molecule has 1 aromatic heterocycles. The van der Waals surface area contributed by atoms with Crippen molar-refractivity contribution in [3.63, 3.8) is 0 Å². The molecule has 3 nitrogen and oxygen atoms in total. The Bertz CT molecular complexity index is 1020. The molecule has 0 saturated carbocycles. The SMILES string of the molecule is CCc1c(C#C[Si](C)(C)C)nc(-c2ccccc2)n(CC#C[Si](C)(C)C)c1=O. The van der Waals surface area contributed by atoms with Gasteiger partial charge in [0.2, 0.25) is 0 Å². The predicted octanol–water partition coefficient (Wildman–Crippen LogP) is 4.58. The second-order valence-corrected chi connectivity index (χ2v) is 18.4. The van der Waals surface area contributed by atoms with E-state index in [0.29, 0.717) is 30.0 Å². The number of aromatic nitrogens is 2. The van der Waals surface area contributed by atoms with Gasteiger partial charge in [0.05, 0.1) is 12.1 Å². The topological polar surface area (TPSA) is 34.9 Å². The smallest absolute Gasteiger partial charge is 0.259 e. The molecule has 0 N–H and O–H groups in total. The van der Waals surface area contributed by atoms with E-state index in [-0.39, 0.29) is 5.56 Å². The summed E-state index contributed by atoms with van der Waals surface area (Å²) in [6, 6.07) is 9.84. The van der Waals surface area contributed by atoms with Crippen molar-refractivity contribution < 1.29 is 0 Å². The van der Waals surface area contributed by atoms with Gasteiger partial charge in [-0.1, -0.05) is 88.4 Å². The van der Waals surface area contributed by atoms with E-state index in [9.17, 15) is 4.79 Å². The molecule has 0 radical (unpaired) electrons. The maximum atomic E-state index is 13.3. The molecule has 0 atom stereocenters. The fraction of sp³-hybridized carbons (Fsp3) is 0.391. The van der Waals surface area contributed by atoms with Crippen LogP contribution in [-0.4, -0.2) is 25.7 Å². The monoisotopic (exact) mass is 406 g/mol. The second-order valence-electron chi connectivity index (χ2n) is 8.93. The van der Waals surface area contributed by atoms with Crippen LogP contribution < -0.4 is 5.56 Å². The third-order valence-electron chi connectivity index (χ3n) is 3.90. The van der Waals surface area contributed by atoms with Gasteiger partial charge in [-0.25, -0.2) is 4.98 Å². The van der Waals surface area contributed by atoms with E-state index in [2.05, 4.69) is 62.2 Å². The third kappa shape index (κ3) is 6.09. The Morgan fingerprint density at radius 2 is 1.57 bits per heavy atom. The number of benzene rings is 1.